The van der Waals surface area contributed by atoms with Gasteiger partial charge >= 0.3 is 0 Å². The molecule has 36 heavy (non-hydrogen) atoms. The summed E-state index contributed by atoms with van der Waals surface area (Å²) in [4.78, 5) is 22.5. The Hall–Kier alpha value is -4.45. The molecule has 1 amide bonds. The van der Waals surface area contributed by atoms with Crippen LogP contribution in [0.25, 0.3) is 33.5 Å². The fourth-order valence-electron chi connectivity index (χ4n) is 4.06. The van der Waals surface area contributed by atoms with Crippen molar-refractivity contribution in [3.8, 4) is 22.5 Å². The third kappa shape index (κ3) is 4.98. The third-order valence-corrected chi connectivity index (χ3v) is 6.10. The van der Waals surface area contributed by atoms with Crippen LogP contribution in [0.3, 0.4) is 0 Å². The first-order valence-electron chi connectivity index (χ1n) is 11.6. The van der Waals surface area contributed by atoms with Gasteiger partial charge in [-0.15, -0.1) is 0 Å². The average molecular weight is 480 g/mol. The summed E-state index contributed by atoms with van der Waals surface area (Å²) >= 11 is 0. The molecule has 4 aromatic carbocycles. The van der Waals surface area contributed by atoms with E-state index in [2.05, 4.69) is 12.2 Å². The first kappa shape index (κ1) is 23.3. The first-order valence-corrected chi connectivity index (χ1v) is 11.6. The van der Waals surface area contributed by atoms with E-state index in [1.165, 1.54) is 24.3 Å². The van der Waals surface area contributed by atoms with Crippen LogP contribution in [-0.2, 0) is 0 Å². The van der Waals surface area contributed by atoms with Crippen molar-refractivity contribution in [2.24, 2.45) is 0 Å². The predicted molar refractivity (Wildman–Crippen MR) is 138 cm³/mol. The Bertz CT molecular complexity index is 1520. The zero-order valence-electron chi connectivity index (χ0n) is 19.6. The summed E-state index contributed by atoms with van der Waals surface area (Å²) in [5.74, 6) is -0.751. The quantitative estimate of drug-likeness (QED) is 0.292. The highest BCUT2D eigenvalue weighted by Crippen LogP contribution is 2.31. The zero-order valence-corrected chi connectivity index (χ0v) is 19.6. The highest BCUT2D eigenvalue weighted by molar-refractivity contribution is 5.98. The van der Waals surface area contributed by atoms with E-state index in [0.29, 0.717) is 45.7 Å². The van der Waals surface area contributed by atoms with Crippen molar-refractivity contribution in [3.63, 3.8) is 0 Å². The highest BCUT2D eigenvalue weighted by Gasteiger charge is 2.16. The third-order valence-electron chi connectivity index (χ3n) is 6.10. The number of halogens is 2. The number of amides is 1. The van der Waals surface area contributed by atoms with Crippen LogP contribution >= 0.6 is 0 Å². The van der Waals surface area contributed by atoms with E-state index in [4.69, 9.17) is 9.97 Å². The van der Waals surface area contributed by atoms with Crippen LogP contribution in [0.15, 0.2) is 97.1 Å². The molecule has 1 atom stereocenters. The number of carbonyl (C=O) groups is 1. The Morgan fingerprint density at radius 3 is 1.89 bits per heavy atom. The second kappa shape index (κ2) is 10.0. The zero-order chi connectivity index (χ0) is 25.1. The van der Waals surface area contributed by atoms with Gasteiger partial charge in [0.1, 0.15) is 11.6 Å². The molecule has 0 aliphatic carbocycles. The number of nitrogens with zero attached hydrogens (tertiary/aromatic N) is 2. The summed E-state index contributed by atoms with van der Waals surface area (Å²) in [5, 5.41) is 2.99. The molecule has 1 N–H and O–H groups in total. The molecule has 0 saturated heterocycles. The molecular weight excluding hydrogens is 456 g/mol. The summed E-state index contributed by atoms with van der Waals surface area (Å²) in [6.07, 6.45) is 0. The second-order valence-electron chi connectivity index (χ2n) is 8.66. The molecule has 178 valence electrons. The van der Waals surface area contributed by atoms with Crippen LogP contribution in [-0.4, -0.2) is 22.4 Å². The lowest BCUT2D eigenvalue weighted by Crippen LogP contribution is -2.27. The van der Waals surface area contributed by atoms with Gasteiger partial charge in [0.15, 0.2) is 0 Å². The molecule has 5 rings (SSSR count). The van der Waals surface area contributed by atoms with Crippen molar-refractivity contribution in [1.29, 1.82) is 0 Å². The van der Waals surface area contributed by atoms with Crippen LogP contribution in [0, 0.1) is 11.6 Å². The molecule has 0 fully saturated rings. The number of carbonyl (C=O) groups excluding carboxylic acids is 1. The fraction of sp³-hybridized carbons (Fsp3) is 0.100. The molecule has 6 heteroatoms. The Morgan fingerprint density at radius 2 is 1.31 bits per heavy atom. The van der Waals surface area contributed by atoms with Crippen molar-refractivity contribution < 1.29 is 13.6 Å². The van der Waals surface area contributed by atoms with Gasteiger partial charge in [0.25, 0.3) is 5.91 Å². The Balaban J connectivity index is 1.49. The molecular formula is C30H23F2N3O. The van der Waals surface area contributed by atoms with Gasteiger partial charge in [-0.25, -0.2) is 18.7 Å². The van der Waals surface area contributed by atoms with Gasteiger partial charge in [0, 0.05) is 23.2 Å². The Morgan fingerprint density at radius 1 is 0.750 bits per heavy atom. The fourth-order valence-corrected chi connectivity index (χ4v) is 4.06. The monoisotopic (exact) mass is 479 g/mol. The van der Waals surface area contributed by atoms with Gasteiger partial charge in [0.05, 0.1) is 22.4 Å². The number of benzene rings is 4. The number of hydrogen-bond acceptors (Lipinski definition) is 3. The van der Waals surface area contributed by atoms with Crippen LogP contribution in [0.2, 0.25) is 0 Å². The van der Waals surface area contributed by atoms with Gasteiger partial charge in [-0.3, -0.25) is 4.79 Å². The molecule has 0 radical (unpaired) electrons. The van der Waals surface area contributed by atoms with Gasteiger partial charge < -0.3 is 5.32 Å². The van der Waals surface area contributed by atoms with Gasteiger partial charge in [0.2, 0.25) is 0 Å². The van der Waals surface area contributed by atoms with Gasteiger partial charge in [-0.1, -0.05) is 37.3 Å². The number of hydrogen-bond donors (Lipinski definition) is 1. The summed E-state index contributed by atoms with van der Waals surface area (Å²) in [7, 11) is 0. The molecule has 0 aliphatic rings. The summed E-state index contributed by atoms with van der Waals surface area (Å²) in [5.41, 5.74) is 5.15. The Kier molecular flexibility index (Phi) is 6.50. The minimum atomic E-state index is -0.362. The standard InChI is InChI=1S/C30H23F2N3O/c1-19(20-5-3-2-4-6-20)18-33-30(36)23-11-16-26-27(17-23)35-29(22-9-14-25(32)15-10-22)28(34-26)21-7-12-24(31)13-8-21/h2-17,19H,18H2,1H3,(H,33,36)/t19-/m0/s1. The van der Waals surface area contributed by atoms with Crippen LogP contribution < -0.4 is 5.32 Å². The number of rotatable bonds is 6. The predicted octanol–water partition coefficient (Wildman–Crippen LogP) is 6.78. The maximum absolute atomic E-state index is 13.6. The summed E-state index contributed by atoms with van der Waals surface area (Å²) < 4.78 is 27.1. The maximum Gasteiger partial charge on any atom is 0.251 e. The number of fused-ring (bicyclic) bond motifs is 1. The van der Waals surface area contributed by atoms with E-state index in [9.17, 15) is 13.6 Å². The highest BCUT2D eigenvalue weighted by atomic mass is 19.1. The smallest absolute Gasteiger partial charge is 0.251 e. The lowest BCUT2D eigenvalue weighted by atomic mass is 10.0. The normalized spacial score (nSPS) is 11.9. The molecule has 1 aromatic heterocycles. The van der Waals surface area contributed by atoms with Crippen molar-refractivity contribution in [2.45, 2.75) is 12.8 Å². The van der Waals surface area contributed by atoms with Crippen molar-refractivity contribution >= 4 is 16.9 Å². The molecule has 0 unspecified atom stereocenters. The first-order chi connectivity index (χ1) is 17.5. The van der Waals surface area contributed by atoms with Gasteiger partial charge in [-0.2, -0.15) is 0 Å². The molecule has 4 nitrogen and oxygen atoms in total. The van der Waals surface area contributed by atoms with E-state index in [-0.39, 0.29) is 23.5 Å². The second-order valence-corrected chi connectivity index (χ2v) is 8.66. The van der Waals surface area contributed by atoms with Crippen LogP contribution in [0.1, 0.15) is 28.8 Å². The molecule has 5 aromatic rings. The van der Waals surface area contributed by atoms with E-state index < -0.39 is 0 Å². The van der Waals surface area contributed by atoms with Crippen LogP contribution in [0.5, 0.6) is 0 Å². The van der Waals surface area contributed by atoms with Crippen molar-refractivity contribution in [3.05, 3.63) is 120 Å². The van der Waals surface area contributed by atoms with Crippen molar-refractivity contribution in [1.82, 2.24) is 15.3 Å². The summed E-state index contributed by atoms with van der Waals surface area (Å²) in [6, 6.07) is 27.1. The SMILES string of the molecule is C[C@@H](CNC(=O)c1ccc2nc(-c3ccc(F)cc3)c(-c3ccc(F)cc3)nc2c1)c1ccccc1. The van der Waals surface area contributed by atoms with E-state index in [1.54, 1.807) is 42.5 Å². The minimum Gasteiger partial charge on any atom is -0.351 e. The maximum atomic E-state index is 13.6. The average Bonchev–Trinajstić information content (AvgIpc) is 2.92. The molecule has 0 saturated carbocycles. The lowest BCUT2D eigenvalue weighted by molar-refractivity contribution is 0.0951. The summed E-state index contributed by atoms with van der Waals surface area (Å²) in [6.45, 7) is 2.56. The van der Waals surface area contributed by atoms with E-state index in [0.717, 1.165) is 5.56 Å². The largest absolute Gasteiger partial charge is 0.351 e. The lowest BCUT2D eigenvalue weighted by Gasteiger charge is -2.14. The Labute approximate surface area is 207 Å². The van der Waals surface area contributed by atoms with E-state index >= 15 is 0 Å². The van der Waals surface area contributed by atoms with Gasteiger partial charge in [-0.05, 0) is 78.2 Å². The molecule has 0 spiro atoms. The van der Waals surface area contributed by atoms with E-state index in [1.807, 2.05) is 30.3 Å². The van der Waals surface area contributed by atoms with Crippen molar-refractivity contribution in [2.75, 3.05) is 6.54 Å². The molecule has 0 aliphatic heterocycles. The van der Waals surface area contributed by atoms with Crippen LogP contribution in [0.4, 0.5) is 8.78 Å². The topological polar surface area (TPSA) is 54.9 Å². The molecule has 0 bridgehead atoms. The molecule has 1 heterocycles. The number of nitrogens with one attached hydrogen (secondary N) is 1. The number of aromatic nitrogens is 2. The minimum absolute atomic E-state index is 0.166.